The molecule has 0 spiro atoms. The van der Waals surface area contributed by atoms with Gasteiger partial charge in [-0.1, -0.05) is 0 Å². The van der Waals surface area contributed by atoms with Crippen molar-refractivity contribution in [3.05, 3.63) is 26.9 Å². The lowest BCUT2D eigenvalue weighted by molar-refractivity contribution is -0.384. The normalized spacial score (nSPS) is 23.6. The van der Waals surface area contributed by atoms with Crippen LogP contribution in [-0.4, -0.2) is 22.0 Å². The summed E-state index contributed by atoms with van der Waals surface area (Å²) in [6, 6.07) is 1.55. The second-order valence-electron chi connectivity index (χ2n) is 4.12. The van der Waals surface area contributed by atoms with Gasteiger partial charge in [0.25, 0.3) is 0 Å². The third kappa shape index (κ3) is 2.73. The SMILES string of the molecule is NC1CCCC1Nc1ncc(Br)cc1[N+](=O)[O-]. The van der Waals surface area contributed by atoms with Gasteiger partial charge in [-0.2, -0.15) is 0 Å². The Balaban J connectivity index is 2.22. The molecule has 1 saturated carbocycles. The predicted octanol–water partition coefficient (Wildman–Crippen LogP) is 2.04. The van der Waals surface area contributed by atoms with Crippen molar-refractivity contribution in [3.63, 3.8) is 0 Å². The Morgan fingerprint density at radius 3 is 2.94 bits per heavy atom. The highest BCUT2D eigenvalue weighted by Crippen LogP contribution is 2.28. The molecule has 17 heavy (non-hydrogen) atoms. The molecule has 0 bridgehead atoms. The van der Waals surface area contributed by atoms with Gasteiger partial charge in [0.2, 0.25) is 5.82 Å². The molecule has 0 aliphatic heterocycles. The summed E-state index contributed by atoms with van der Waals surface area (Å²) in [5.74, 6) is 0.292. The Kier molecular flexibility index (Phi) is 3.58. The Morgan fingerprint density at radius 2 is 2.35 bits per heavy atom. The number of rotatable bonds is 3. The first kappa shape index (κ1) is 12.3. The summed E-state index contributed by atoms with van der Waals surface area (Å²) in [6.07, 6.45) is 4.46. The standard InChI is InChI=1S/C10H13BrN4O2/c11-6-4-9(15(16)17)10(13-5-6)14-8-3-1-2-7(8)12/h4-5,7-8H,1-3,12H2,(H,13,14). The van der Waals surface area contributed by atoms with Crippen LogP contribution in [0.5, 0.6) is 0 Å². The Morgan fingerprint density at radius 1 is 1.59 bits per heavy atom. The van der Waals surface area contributed by atoms with Crippen molar-refractivity contribution in [3.8, 4) is 0 Å². The maximum absolute atomic E-state index is 10.9. The molecule has 92 valence electrons. The van der Waals surface area contributed by atoms with Crippen LogP contribution in [0.3, 0.4) is 0 Å². The van der Waals surface area contributed by atoms with Crippen LogP contribution in [0.15, 0.2) is 16.7 Å². The lowest BCUT2D eigenvalue weighted by Crippen LogP contribution is -2.35. The minimum atomic E-state index is -0.444. The van der Waals surface area contributed by atoms with E-state index in [0.29, 0.717) is 10.3 Å². The summed E-state index contributed by atoms with van der Waals surface area (Å²) in [7, 11) is 0. The largest absolute Gasteiger partial charge is 0.360 e. The number of halogens is 1. The van der Waals surface area contributed by atoms with Crippen molar-refractivity contribution in [2.45, 2.75) is 31.3 Å². The lowest BCUT2D eigenvalue weighted by atomic mass is 10.2. The van der Waals surface area contributed by atoms with Crippen molar-refractivity contribution >= 4 is 27.4 Å². The number of nitro groups is 1. The zero-order valence-electron chi connectivity index (χ0n) is 9.10. The van der Waals surface area contributed by atoms with E-state index in [4.69, 9.17) is 5.73 Å². The van der Waals surface area contributed by atoms with Crippen LogP contribution >= 0.6 is 15.9 Å². The fourth-order valence-electron chi connectivity index (χ4n) is 2.02. The van der Waals surface area contributed by atoms with Gasteiger partial charge in [-0.05, 0) is 35.2 Å². The third-order valence-corrected chi connectivity index (χ3v) is 3.36. The van der Waals surface area contributed by atoms with Crippen LogP contribution < -0.4 is 11.1 Å². The molecule has 1 aliphatic carbocycles. The smallest absolute Gasteiger partial charge is 0.312 e. The zero-order valence-corrected chi connectivity index (χ0v) is 10.7. The number of nitrogens with two attached hydrogens (primary N) is 1. The molecule has 1 aromatic heterocycles. The van der Waals surface area contributed by atoms with E-state index in [1.165, 1.54) is 12.3 Å². The summed E-state index contributed by atoms with van der Waals surface area (Å²) in [5, 5.41) is 14.0. The van der Waals surface area contributed by atoms with E-state index in [1.807, 2.05) is 0 Å². The molecule has 1 aliphatic rings. The quantitative estimate of drug-likeness (QED) is 0.658. The Hall–Kier alpha value is -1.21. The molecule has 2 unspecified atom stereocenters. The predicted molar refractivity (Wildman–Crippen MR) is 67.8 cm³/mol. The summed E-state index contributed by atoms with van der Waals surface area (Å²) in [6.45, 7) is 0. The molecule has 7 heteroatoms. The molecule has 1 fully saturated rings. The van der Waals surface area contributed by atoms with Crippen molar-refractivity contribution in [2.75, 3.05) is 5.32 Å². The molecule has 2 atom stereocenters. The van der Waals surface area contributed by atoms with E-state index in [2.05, 4.69) is 26.2 Å². The fraction of sp³-hybridized carbons (Fsp3) is 0.500. The maximum atomic E-state index is 10.9. The van der Waals surface area contributed by atoms with Gasteiger partial charge in [0.15, 0.2) is 0 Å². The molecule has 6 nitrogen and oxygen atoms in total. The van der Waals surface area contributed by atoms with Gasteiger partial charge in [-0.15, -0.1) is 0 Å². The number of nitrogens with zero attached hydrogens (tertiary/aromatic N) is 2. The second-order valence-corrected chi connectivity index (χ2v) is 5.04. The van der Waals surface area contributed by atoms with E-state index < -0.39 is 4.92 Å². The Labute approximate surface area is 107 Å². The number of aromatic nitrogens is 1. The number of hydrogen-bond donors (Lipinski definition) is 2. The van der Waals surface area contributed by atoms with Crippen molar-refractivity contribution in [1.29, 1.82) is 0 Å². The highest BCUT2D eigenvalue weighted by atomic mass is 79.9. The molecule has 0 aromatic carbocycles. The van der Waals surface area contributed by atoms with Gasteiger partial charge in [-0.3, -0.25) is 10.1 Å². The molecule has 0 amide bonds. The van der Waals surface area contributed by atoms with Crippen LogP contribution in [0.25, 0.3) is 0 Å². The molecule has 3 N–H and O–H groups in total. The summed E-state index contributed by atoms with van der Waals surface area (Å²) >= 11 is 3.17. The van der Waals surface area contributed by atoms with E-state index in [1.54, 1.807) is 0 Å². The first-order chi connectivity index (χ1) is 8.08. The second kappa shape index (κ2) is 4.97. The van der Waals surface area contributed by atoms with Crippen LogP contribution in [0.2, 0.25) is 0 Å². The molecule has 0 saturated heterocycles. The first-order valence-electron chi connectivity index (χ1n) is 5.40. The highest BCUT2D eigenvalue weighted by molar-refractivity contribution is 9.10. The van der Waals surface area contributed by atoms with Crippen LogP contribution in [-0.2, 0) is 0 Å². The molecule has 1 heterocycles. The lowest BCUT2D eigenvalue weighted by Gasteiger charge is -2.17. The molecule has 2 rings (SSSR count). The Bertz CT molecular complexity index is 440. The molecule has 1 aromatic rings. The van der Waals surface area contributed by atoms with E-state index >= 15 is 0 Å². The van der Waals surface area contributed by atoms with Gasteiger partial charge in [0, 0.05) is 28.8 Å². The van der Waals surface area contributed by atoms with Gasteiger partial charge in [-0.25, -0.2) is 4.98 Å². The highest BCUT2D eigenvalue weighted by Gasteiger charge is 2.26. The number of hydrogen-bond acceptors (Lipinski definition) is 5. The monoisotopic (exact) mass is 300 g/mol. The number of pyridine rings is 1. The topological polar surface area (TPSA) is 94.1 Å². The van der Waals surface area contributed by atoms with Crippen molar-refractivity contribution < 1.29 is 4.92 Å². The fourth-order valence-corrected chi connectivity index (χ4v) is 2.34. The number of nitrogens with one attached hydrogen (secondary N) is 1. The van der Waals surface area contributed by atoms with Crippen LogP contribution in [0.4, 0.5) is 11.5 Å². The zero-order chi connectivity index (χ0) is 12.4. The van der Waals surface area contributed by atoms with Gasteiger partial charge < -0.3 is 11.1 Å². The average Bonchev–Trinajstić information content (AvgIpc) is 2.67. The maximum Gasteiger partial charge on any atom is 0.312 e. The summed E-state index contributed by atoms with van der Waals surface area (Å²) < 4.78 is 0.588. The minimum absolute atomic E-state index is 0.0292. The van der Waals surface area contributed by atoms with E-state index in [9.17, 15) is 10.1 Å². The van der Waals surface area contributed by atoms with E-state index in [-0.39, 0.29) is 17.8 Å². The van der Waals surface area contributed by atoms with Gasteiger partial charge in [0.05, 0.1) is 4.92 Å². The van der Waals surface area contributed by atoms with Crippen LogP contribution in [0, 0.1) is 10.1 Å². The summed E-state index contributed by atoms with van der Waals surface area (Å²) in [4.78, 5) is 14.5. The molecular weight excluding hydrogens is 288 g/mol. The van der Waals surface area contributed by atoms with Gasteiger partial charge >= 0.3 is 5.69 Å². The summed E-state index contributed by atoms with van der Waals surface area (Å²) in [5.41, 5.74) is 5.88. The minimum Gasteiger partial charge on any atom is -0.360 e. The van der Waals surface area contributed by atoms with Crippen molar-refractivity contribution in [2.24, 2.45) is 5.73 Å². The van der Waals surface area contributed by atoms with Gasteiger partial charge in [0.1, 0.15) is 0 Å². The van der Waals surface area contributed by atoms with Crippen LogP contribution in [0.1, 0.15) is 19.3 Å². The average molecular weight is 301 g/mol. The van der Waals surface area contributed by atoms with E-state index in [0.717, 1.165) is 19.3 Å². The molecular formula is C10H13BrN4O2. The molecule has 0 radical (unpaired) electrons. The number of anilines is 1. The van der Waals surface area contributed by atoms with Crippen molar-refractivity contribution in [1.82, 2.24) is 4.98 Å². The third-order valence-electron chi connectivity index (χ3n) is 2.92. The first-order valence-corrected chi connectivity index (χ1v) is 6.19.